The number of hydrogen-bond donors (Lipinski definition) is 0. The SMILES string of the molecule is O=CCc1cc(Br)cs1. The fraction of sp³-hybridized carbons (Fsp3) is 0.167. The lowest BCUT2D eigenvalue weighted by molar-refractivity contribution is -0.107. The van der Waals surface area contributed by atoms with Crippen LogP contribution < -0.4 is 0 Å². The van der Waals surface area contributed by atoms with Gasteiger partial charge in [-0.1, -0.05) is 0 Å². The predicted molar refractivity (Wildman–Crippen MR) is 41.8 cm³/mol. The van der Waals surface area contributed by atoms with Crippen LogP contribution in [0.2, 0.25) is 0 Å². The summed E-state index contributed by atoms with van der Waals surface area (Å²) in [5.74, 6) is 0. The lowest BCUT2D eigenvalue weighted by Crippen LogP contribution is -1.76. The Labute approximate surface area is 65.8 Å². The van der Waals surface area contributed by atoms with E-state index in [-0.39, 0.29) is 0 Å². The molecule has 0 unspecified atom stereocenters. The Morgan fingerprint density at radius 1 is 1.78 bits per heavy atom. The first-order valence-electron chi connectivity index (χ1n) is 2.49. The summed E-state index contributed by atoms with van der Waals surface area (Å²) in [6.07, 6.45) is 1.45. The van der Waals surface area contributed by atoms with Crippen molar-refractivity contribution < 1.29 is 4.79 Å². The number of thiophene rings is 1. The Kier molecular flexibility index (Phi) is 2.42. The molecule has 0 saturated heterocycles. The van der Waals surface area contributed by atoms with Crippen LogP contribution in [0.3, 0.4) is 0 Å². The average Bonchev–Trinajstić information content (AvgIpc) is 2.17. The number of hydrogen-bond acceptors (Lipinski definition) is 2. The maximum absolute atomic E-state index is 9.97. The first kappa shape index (κ1) is 6.96. The summed E-state index contributed by atoms with van der Waals surface area (Å²) in [7, 11) is 0. The minimum Gasteiger partial charge on any atom is -0.303 e. The molecule has 0 amide bonds. The molecule has 0 aliphatic carbocycles. The first-order valence-corrected chi connectivity index (χ1v) is 4.16. The van der Waals surface area contributed by atoms with Crippen LogP contribution in [-0.4, -0.2) is 6.29 Å². The van der Waals surface area contributed by atoms with Crippen LogP contribution in [0.4, 0.5) is 0 Å². The summed E-state index contributed by atoms with van der Waals surface area (Å²) in [6.45, 7) is 0. The van der Waals surface area contributed by atoms with Gasteiger partial charge in [-0.15, -0.1) is 11.3 Å². The summed E-state index contributed by atoms with van der Waals surface area (Å²) < 4.78 is 1.06. The smallest absolute Gasteiger partial charge is 0.125 e. The molecule has 1 aromatic heterocycles. The van der Waals surface area contributed by atoms with Crippen LogP contribution in [-0.2, 0) is 11.2 Å². The monoisotopic (exact) mass is 204 g/mol. The molecule has 0 fully saturated rings. The second-order valence-electron chi connectivity index (χ2n) is 1.60. The average molecular weight is 205 g/mol. The van der Waals surface area contributed by atoms with E-state index in [1.165, 1.54) is 0 Å². The second kappa shape index (κ2) is 3.13. The third kappa shape index (κ3) is 1.91. The molecule has 0 aromatic carbocycles. The van der Waals surface area contributed by atoms with Gasteiger partial charge in [0.1, 0.15) is 6.29 Å². The van der Waals surface area contributed by atoms with E-state index in [0.29, 0.717) is 6.42 Å². The van der Waals surface area contributed by atoms with Gasteiger partial charge in [-0.2, -0.15) is 0 Å². The fourth-order valence-corrected chi connectivity index (χ4v) is 1.94. The Morgan fingerprint density at radius 3 is 3.00 bits per heavy atom. The van der Waals surface area contributed by atoms with Gasteiger partial charge in [0.2, 0.25) is 0 Å². The molecule has 1 rings (SSSR count). The Morgan fingerprint density at radius 2 is 2.56 bits per heavy atom. The number of aldehydes is 1. The molecular weight excluding hydrogens is 200 g/mol. The second-order valence-corrected chi connectivity index (χ2v) is 3.51. The molecule has 1 aromatic rings. The van der Waals surface area contributed by atoms with Gasteiger partial charge in [0.25, 0.3) is 0 Å². The molecule has 0 atom stereocenters. The third-order valence-electron chi connectivity index (χ3n) is 0.906. The van der Waals surface area contributed by atoms with Crippen molar-refractivity contribution in [3.63, 3.8) is 0 Å². The van der Waals surface area contributed by atoms with E-state index in [4.69, 9.17) is 0 Å². The molecule has 3 heteroatoms. The molecule has 0 bridgehead atoms. The number of carbonyl (C=O) groups is 1. The minimum atomic E-state index is 0.538. The molecule has 0 radical (unpaired) electrons. The van der Waals surface area contributed by atoms with Crippen molar-refractivity contribution >= 4 is 33.6 Å². The predicted octanol–water partition coefficient (Wildman–Crippen LogP) is 2.25. The van der Waals surface area contributed by atoms with Gasteiger partial charge in [-0.25, -0.2) is 0 Å². The Balaban J connectivity index is 2.72. The van der Waals surface area contributed by atoms with E-state index >= 15 is 0 Å². The fourth-order valence-electron chi connectivity index (χ4n) is 0.543. The highest BCUT2D eigenvalue weighted by atomic mass is 79.9. The molecule has 1 heterocycles. The molecular formula is C6H5BrOS. The van der Waals surface area contributed by atoms with Gasteiger partial charge in [0, 0.05) is 21.2 Å². The largest absolute Gasteiger partial charge is 0.303 e. The molecule has 0 aliphatic heterocycles. The van der Waals surface area contributed by atoms with E-state index < -0.39 is 0 Å². The van der Waals surface area contributed by atoms with Crippen LogP contribution in [0, 0.1) is 0 Å². The molecule has 0 saturated carbocycles. The first-order chi connectivity index (χ1) is 4.33. The minimum absolute atomic E-state index is 0.538. The van der Waals surface area contributed by atoms with E-state index in [1.807, 2.05) is 11.4 Å². The molecule has 0 N–H and O–H groups in total. The molecule has 9 heavy (non-hydrogen) atoms. The number of rotatable bonds is 2. The lowest BCUT2D eigenvalue weighted by atomic mass is 10.4. The summed E-state index contributed by atoms with van der Waals surface area (Å²) >= 11 is 4.89. The van der Waals surface area contributed by atoms with Crippen molar-refractivity contribution in [3.05, 3.63) is 20.8 Å². The Hall–Kier alpha value is -0.150. The topological polar surface area (TPSA) is 17.1 Å². The Bertz CT molecular complexity index is 207. The molecule has 0 aliphatic rings. The van der Waals surface area contributed by atoms with Crippen molar-refractivity contribution in [1.29, 1.82) is 0 Å². The zero-order chi connectivity index (χ0) is 6.69. The third-order valence-corrected chi connectivity index (χ3v) is 2.63. The van der Waals surface area contributed by atoms with Crippen LogP contribution in [0.15, 0.2) is 15.9 Å². The maximum atomic E-state index is 9.97. The molecule has 48 valence electrons. The number of carbonyl (C=O) groups excluding carboxylic acids is 1. The van der Waals surface area contributed by atoms with Crippen LogP contribution in [0.25, 0.3) is 0 Å². The standard InChI is InChI=1S/C6H5BrOS/c7-5-3-6(1-2-8)9-4-5/h2-4H,1H2. The van der Waals surface area contributed by atoms with Crippen LogP contribution in [0.1, 0.15) is 4.88 Å². The van der Waals surface area contributed by atoms with Gasteiger partial charge >= 0.3 is 0 Å². The molecule has 1 nitrogen and oxygen atoms in total. The maximum Gasteiger partial charge on any atom is 0.125 e. The number of halogens is 1. The van der Waals surface area contributed by atoms with E-state index in [2.05, 4.69) is 15.9 Å². The van der Waals surface area contributed by atoms with E-state index in [1.54, 1.807) is 11.3 Å². The lowest BCUT2D eigenvalue weighted by Gasteiger charge is -1.79. The van der Waals surface area contributed by atoms with Gasteiger partial charge < -0.3 is 4.79 Å². The van der Waals surface area contributed by atoms with E-state index in [9.17, 15) is 4.79 Å². The van der Waals surface area contributed by atoms with Gasteiger partial charge in [-0.3, -0.25) is 0 Å². The summed E-state index contributed by atoms with van der Waals surface area (Å²) in [4.78, 5) is 11.1. The van der Waals surface area contributed by atoms with Crippen molar-refractivity contribution in [2.24, 2.45) is 0 Å². The summed E-state index contributed by atoms with van der Waals surface area (Å²) in [6, 6.07) is 1.96. The van der Waals surface area contributed by atoms with E-state index in [0.717, 1.165) is 15.6 Å². The highest BCUT2D eigenvalue weighted by Crippen LogP contribution is 2.19. The van der Waals surface area contributed by atoms with Crippen molar-refractivity contribution in [2.45, 2.75) is 6.42 Å². The van der Waals surface area contributed by atoms with Gasteiger partial charge in [0.15, 0.2) is 0 Å². The van der Waals surface area contributed by atoms with Crippen molar-refractivity contribution in [1.82, 2.24) is 0 Å². The van der Waals surface area contributed by atoms with Crippen LogP contribution >= 0.6 is 27.3 Å². The normalized spacial score (nSPS) is 9.44. The van der Waals surface area contributed by atoms with Gasteiger partial charge in [0.05, 0.1) is 0 Å². The zero-order valence-corrected chi connectivity index (χ0v) is 7.04. The van der Waals surface area contributed by atoms with Crippen molar-refractivity contribution in [2.75, 3.05) is 0 Å². The highest BCUT2D eigenvalue weighted by molar-refractivity contribution is 9.10. The van der Waals surface area contributed by atoms with Gasteiger partial charge in [-0.05, 0) is 22.0 Å². The quantitative estimate of drug-likeness (QED) is 0.676. The zero-order valence-electron chi connectivity index (χ0n) is 4.63. The summed E-state index contributed by atoms with van der Waals surface area (Å²) in [5.41, 5.74) is 0. The highest BCUT2D eigenvalue weighted by Gasteiger charge is 1.93. The van der Waals surface area contributed by atoms with Crippen molar-refractivity contribution in [3.8, 4) is 0 Å². The summed E-state index contributed by atoms with van der Waals surface area (Å²) in [5, 5.41) is 1.97. The van der Waals surface area contributed by atoms with Crippen LogP contribution in [0.5, 0.6) is 0 Å². The molecule has 0 spiro atoms.